The maximum Gasteiger partial charge on any atom is 0.138 e. The molecule has 0 atom stereocenters. The number of nitrogens with two attached hydrogens (primary N) is 1. The van der Waals surface area contributed by atoms with Gasteiger partial charge < -0.3 is 15.6 Å². The lowest BCUT2D eigenvalue weighted by Crippen LogP contribution is -2.15. The van der Waals surface area contributed by atoms with E-state index in [-0.39, 0.29) is 5.75 Å². The van der Waals surface area contributed by atoms with Crippen molar-refractivity contribution in [2.24, 2.45) is 0 Å². The smallest absolute Gasteiger partial charge is 0.138 e. The van der Waals surface area contributed by atoms with E-state index in [9.17, 15) is 5.11 Å². The predicted octanol–water partition coefficient (Wildman–Crippen LogP) is 2.42. The highest BCUT2D eigenvalue weighted by atomic mass is 16.5. The minimum atomic E-state index is 0.264. The summed E-state index contributed by atoms with van der Waals surface area (Å²) in [5, 5.41) is 11.0. The van der Waals surface area contributed by atoms with E-state index in [0.717, 1.165) is 42.7 Å². The summed E-state index contributed by atoms with van der Waals surface area (Å²) in [5.74, 6) is 0.556. The number of pyridine rings is 1. The molecule has 0 unspecified atom stereocenters. The highest BCUT2D eigenvalue weighted by molar-refractivity contribution is 5.83. The van der Waals surface area contributed by atoms with Gasteiger partial charge in [0.1, 0.15) is 5.75 Å². The molecule has 0 spiro atoms. The van der Waals surface area contributed by atoms with Gasteiger partial charge in [0.2, 0.25) is 0 Å². The molecule has 2 aromatic rings. The van der Waals surface area contributed by atoms with Gasteiger partial charge >= 0.3 is 0 Å². The van der Waals surface area contributed by atoms with E-state index >= 15 is 0 Å². The molecule has 0 radical (unpaired) electrons. The third-order valence-corrected chi connectivity index (χ3v) is 3.46. The number of hydrogen-bond donors (Lipinski definition) is 2. The Morgan fingerprint density at radius 3 is 2.78 bits per heavy atom. The number of aromatic hydroxyl groups is 1. The molecule has 3 rings (SSSR count). The average molecular weight is 244 g/mol. The lowest BCUT2D eigenvalue weighted by molar-refractivity contribution is 0.0840. The molecule has 0 bridgehead atoms. The standard InChI is InChI=1S/C14H16N2O2/c15-11-1-2-12-10(7-11)8-13(17)14(16-12)9-3-5-18-6-4-9/h1-2,7-9,17H,3-6,15H2. The second-order valence-electron chi connectivity index (χ2n) is 4.73. The first-order chi connectivity index (χ1) is 8.74. The van der Waals surface area contributed by atoms with Crippen LogP contribution in [0.1, 0.15) is 24.5 Å². The fraction of sp³-hybridized carbons (Fsp3) is 0.357. The Labute approximate surface area is 105 Å². The lowest BCUT2D eigenvalue weighted by atomic mass is 9.94. The summed E-state index contributed by atoms with van der Waals surface area (Å²) in [6.45, 7) is 1.48. The van der Waals surface area contributed by atoms with Gasteiger partial charge in [-0.15, -0.1) is 0 Å². The molecular weight excluding hydrogens is 228 g/mol. The first kappa shape index (κ1) is 11.3. The maximum absolute atomic E-state index is 10.1. The van der Waals surface area contributed by atoms with Crippen molar-refractivity contribution in [3.63, 3.8) is 0 Å². The third-order valence-electron chi connectivity index (χ3n) is 3.46. The van der Waals surface area contributed by atoms with Crippen molar-refractivity contribution in [1.29, 1.82) is 0 Å². The second kappa shape index (κ2) is 4.46. The van der Waals surface area contributed by atoms with E-state index in [1.165, 1.54) is 0 Å². The zero-order valence-corrected chi connectivity index (χ0v) is 10.1. The summed E-state index contributed by atoms with van der Waals surface area (Å²) in [5.41, 5.74) is 8.08. The molecule has 3 N–H and O–H groups in total. The molecule has 1 aromatic carbocycles. The monoisotopic (exact) mass is 244 g/mol. The Kier molecular flexibility index (Phi) is 2.80. The van der Waals surface area contributed by atoms with Crippen molar-refractivity contribution in [3.05, 3.63) is 30.0 Å². The normalized spacial score (nSPS) is 17.1. The number of ether oxygens (including phenoxy) is 1. The van der Waals surface area contributed by atoms with Crippen molar-refractivity contribution >= 4 is 16.6 Å². The van der Waals surface area contributed by atoms with Gasteiger partial charge in [0, 0.05) is 30.2 Å². The minimum absolute atomic E-state index is 0.264. The van der Waals surface area contributed by atoms with Crippen LogP contribution in [0.25, 0.3) is 10.9 Å². The number of rotatable bonds is 1. The van der Waals surface area contributed by atoms with Crippen LogP contribution < -0.4 is 5.73 Å². The van der Waals surface area contributed by atoms with Crippen LogP contribution in [-0.4, -0.2) is 23.3 Å². The largest absolute Gasteiger partial charge is 0.506 e. The lowest BCUT2D eigenvalue weighted by Gasteiger charge is -2.22. The third kappa shape index (κ3) is 1.99. The highest BCUT2D eigenvalue weighted by Crippen LogP contribution is 2.33. The van der Waals surface area contributed by atoms with Crippen molar-refractivity contribution in [1.82, 2.24) is 4.98 Å². The molecule has 4 heteroatoms. The van der Waals surface area contributed by atoms with Crippen LogP contribution in [-0.2, 0) is 4.74 Å². The minimum Gasteiger partial charge on any atom is -0.506 e. The molecule has 1 aliphatic heterocycles. The molecule has 1 aliphatic rings. The van der Waals surface area contributed by atoms with Gasteiger partial charge in [0.05, 0.1) is 11.2 Å². The van der Waals surface area contributed by atoms with E-state index in [1.54, 1.807) is 6.07 Å². The Bertz CT molecular complexity index is 577. The number of benzene rings is 1. The van der Waals surface area contributed by atoms with E-state index in [0.29, 0.717) is 11.6 Å². The number of hydrogen-bond acceptors (Lipinski definition) is 4. The Morgan fingerprint density at radius 2 is 2.00 bits per heavy atom. The van der Waals surface area contributed by atoms with E-state index in [4.69, 9.17) is 10.5 Å². The Hall–Kier alpha value is -1.81. The van der Waals surface area contributed by atoms with Gasteiger partial charge in [0.25, 0.3) is 0 Å². The molecule has 0 saturated carbocycles. The van der Waals surface area contributed by atoms with Crippen LogP contribution in [0.3, 0.4) is 0 Å². The molecule has 18 heavy (non-hydrogen) atoms. The van der Waals surface area contributed by atoms with Crippen LogP contribution in [0, 0.1) is 0 Å². The fourth-order valence-electron chi connectivity index (χ4n) is 2.47. The van der Waals surface area contributed by atoms with Crippen molar-refractivity contribution < 1.29 is 9.84 Å². The van der Waals surface area contributed by atoms with E-state index in [1.807, 2.05) is 18.2 Å². The first-order valence-corrected chi connectivity index (χ1v) is 6.21. The zero-order chi connectivity index (χ0) is 12.5. The molecule has 1 saturated heterocycles. The topological polar surface area (TPSA) is 68.4 Å². The fourth-order valence-corrected chi connectivity index (χ4v) is 2.47. The maximum atomic E-state index is 10.1. The number of nitrogen functional groups attached to an aromatic ring is 1. The molecule has 94 valence electrons. The molecular formula is C14H16N2O2. The summed E-state index contributed by atoms with van der Waals surface area (Å²) in [4.78, 5) is 4.58. The van der Waals surface area contributed by atoms with Crippen molar-refractivity contribution in [2.75, 3.05) is 18.9 Å². The van der Waals surface area contributed by atoms with Crippen LogP contribution in [0.5, 0.6) is 5.75 Å². The number of fused-ring (bicyclic) bond motifs is 1. The summed E-state index contributed by atoms with van der Waals surface area (Å²) < 4.78 is 5.34. The quantitative estimate of drug-likeness (QED) is 0.756. The molecule has 1 fully saturated rings. The van der Waals surface area contributed by atoms with Gasteiger partial charge in [-0.3, -0.25) is 0 Å². The Morgan fingerprint density at radius 1 is 1.22 bits per heavy atom. The molecule has 1 aromatic heterocycles. The molecule has 0 amide bonds. The van der Waals surface area contributed by atoms with Gasteiger partial charge in [-0.2, -0.15) is 0 Å². The summed E-state index contributed by atoms with van der Waals surface area (Å²) in [6, 6.07) is 7.31. The van der Waals surface area contributed by atoms with Crippen molar-refractivity contribution in [3.8, 4) is 5.75 Å². The van der Waals surface area contributed by atoms with Crippen LogP contribution in [0.4, 0.5) is 5.69 Å². The van der Waals surface area contributed by atoms with Gasteiger partial charge in [0.15, 0.2) is 0 Å². The second-order valence-corrected chi connectivity index (χ2v) is 4.73. The molecule has 4 nitrogen and oxygen atoms in total. The molecule has 2 heterocycles. The SMILES string of the molecule is Nc1ccc2nc(C3CCOCC3)c(O)cc2c1. The number of aromatic nitrogens is 1. The first-order valence-electron chi connectivity index (χ1n) is 6.21. The van der Waals surface area contributed by atoms with Gasteiger partial charge in [-0.25, -0.2) is 4.98 Å². The van der Waals surface area contributed by atoms with E-state index < -0.39 is 0 Å². The van der Waals surface area contributed by atoms with Gasteiger partial charge in [-0.05, 0) is 37.1 Å². The van der Waals surface area contributed by atoms with Gasteiger partial charge in [-0.1, -0.05) is 0 Å². The summed E-state index contributed by atoms with van der Waals surface area (Å²) in [6.07, 6.45) is 1.84. The van der Waals surface area contributed by atoms with E-state index in [2.05, 4.69) is 4.98 Å². The molecule has 0 aliphatic carbocycles. The summed E-state index contributed by atoms with van der Waals surface area (Å²) >= 11 is 0. The van der Waals surface area contributed by atoms with Crippen LogP contribution in [0.2, 0.25) is 0 Å². The number of anilines is 1. The van der Waals surface area contributed by atoms with Crippen molar-refractivity contribution in [2.45, 2.75) is 18.8 Å². The van der Waals surface area contributed by atoms with Crippen LogP contribution >= 0.6 is 0 Å². The summed E-state index contributed by atoms with van der Waals surface area (Å²) in [7, 11) is 0. The average Bonchev–Trinajstić information content (AvgIpc) is 2.39. The highest BCUT2D eigenvalue weighted by Gasteiger charge is 2.20. The zero-order valence-electron chi connectivity index (χ0n) is 10.1. The van der Waals surface area contributed by atoms with Crippen LogP contribution in [0.15, 0.2) is 24.3 Å². The number of nitrogens with zero attached hydrogens (tertiary/aromatic N) is 1. The predicted molar refractivity (Wildman–Crippen MR) is 70.6 cm³/mol. The Balaban J connectivity index is 2.06.